The molecule has 0 aliphatic heterocycles. The van der Waals surface area contributed by atoms with Gasteiger partial charge in [-0.05, 0) is 56.7 Å². The minimum Gasteiger partial charge on any atom is -0.393 e. The molecule has 2 amide bonds. The van der Waals surface area contributed by atoms with Gasteiger partial charge in [0.1, 0.15) is 0 Å². The van der Waals surface area contributed by atoms with E-state index in [2.05, 4.69) is 10.6 Å². The number of aliphatic hydroxyl groups excluding tert-OH is 1. The molecule has 2 rings (SSSR count). The van der Waals surface area contributed by atoms with Crippen molar-refractivity contribution in [2.24, 2.45) is 0 Å². The monoisotopic (exact) mass is 344 g/mol. The predicted octanol–water partition coefficient (Wildman–Crippen LogP) is 3.24. The summed E-state index contributed by atoms with van der Waals surface area (Å²) in [7, 11) is 0. The second-order valence-corrected chi connectivity index (χ2v) is 6.42. The number of aliphatic hydroxyl groups is 1. The SMILES string of the molecule is C[C@@H](Cc1ccc(C(F)(F)F)cc1)NC(=O)NC1CCC(O)CC1. The number of hydrogen-bond acceptors (Lipinski definition) is 2. The fraction of sp³-hybridized carbons (Fsp3) is 0.588. The van der Waals surface area contributed by atoms with Gasteiger partial charge in [-0.25, -0.2) is 4.79 Å². The first-order valence-corrected chi connectivity index (χ1v) is 8.15. The fourth-order valence-electron chi connectivity index (χ4n) is 2.91. The number of alkyl halides is 3. The molecule has 24 heavy (non-hydrogen) atoms. The first-order valence-electron chi connectivity index (χ1n) is 8.15. The molecule has 0 unspecified atom stereocenters. The van der Waals surface area contributed by atoms with Gasteiger partial charge in [-0.15, -0.1) is 0 Å². The van der Waals surface area contributed by atoms with Gasteiger partial charge in [-0.3, -0.25) is 0 Å². The van der Waals surface area contributed by atoms with Crippen LogP contribution in [0.1, 0.15) is 43.7 Å². The van der Waals surface area contributed by atoms with Gasteiger partial charge in [0.15, 0.2) is 0 Å². The first-order chi connectivity index (χ1) is 11.2. The van der Waals surface area contributed by atoms with E-state index in [0.717, 1.165) is 30.5 Å². The maximum absolute atomic E-state index is 12.5. The highest BCUT2D eigenvalue weighted by atomic mass is 19.4. The van der Waals surface area contributed by atoms with Crippen LogP contribution in [0.2, 0.25) is 0 Å². The molecule has 1 atom stereocenters. The van der Waals surface area contributed by atoms with E-state index in [9.17, 15) is 23.1 Å². The standard InChI is InChI=1S/C17H23F3N2O2/c1-11(10-12-2-4-13(5-3-12)17(18,19)20)21-16(24)22-14-6-8-15(23)9-7-14/h2-5,11,14-15,23H,6-10H2,1H3,(H2,21,22,24)/t11-,14?,15?/m0/s1. The van der Waals surface area contributed by atoms with E-state index in [-0.39, 0.29) is 24.2 Å². The molecule has 1 aliphatic rings. The molecule has 0 radical (unpaired) electrons. The van der Waals surface area contributed by atoms with Crippen LogP contribution in [0.15, 0.2) is 24.3 Å². The van der Waals surface area contributed by atoms with Crippen molar-refractivity contribution in [2.75, 3.05) is 0 Å². The van der Waals surface area contributed by atoms with E-state index in [1.54, 1.807) is 0 Å². The maximum atomic E-state index is 12.5. The van der Waals surface area contributed by atoms with Gasteiger partial charge in [-0.2, -0.15) is 13.2 Å². The Hall–Kier alpha value is -1.76. The number of carbonyl (C=O) groups excluding carboxylic acids is 1. The highest BCUT2D eigenvalue weighted by molar-refractivity contribution is 5.74. The van der Waals surface area contributed by atoms with Gasteiger partial charge >= 0.3 is 12.2 Å². The molecule has 1 fully saturated rings. The van der Waals surface area contributed by atoms with Crippen LogP contribution in [-0.2, 0) is 12.6 Å². The molecule has 1 aromatic carbocycles. The van der Waals surface area contributed by atoms with E-state index in [4.69, 9.17) is 0 Å². The van der Waals surface area contributed by atoms with Gasteiger partial charge in [0, 0.05) is 12.1 Å². The molecule has 0 aromatic heterocycles. The second kappa shape index (κ2) is 7.88. The molecule has 3 N–H and O–H groups in total. The molecular formula is C17H23F3N2O2. The lowest BCUT2D eigenvalue weighted by Crippen LogP contribution is -2.47. The highest BCUT2D eigenvalue weighted by Crippen LogP contribution is 2.29. The van der Waals surface area contributed by atoms with Crippen molar-refractivity contribution in [1.29, 1.82) is 0 Å². The van der Waals surface area contributed by atoms with Crippen LogP contribution in [0, 0.1) is 0 Å². The minimum atomic E-state index is -4.34. The Morgan fingerprint density at radius 3 is 2.33 bits per heavy atom. The summed E-state index contributed by atoms with van der Waals surface area (Å²) in [6, 6.07) is 4.55. The zero-order valence-corrected chi connectivity index (χ0v) is 13.6. The van der Waals surface area contributed by atoms with Gasteiger partial charge in [0.25, 0.3) is 0 Å². The molecule has 4 nitrogen and oxygen atoms in total. The highest BCUT2D eigenvalue weighted by Gasteiger charge is 2.30. The molecule has 1 aromatic rings. The van der Waals surface area contributed by atoms with Crippen molar-refractivity contribution in [3.8, 4) is 0 Å². The number of hydrogen-bond donors (Lipinski definition) is 3. The largest absolute Gasteiger partial charge is 0.416 e. The third kappa shape index (κ3) is 5.70. The van der Waals surface area contributed by atoms with E-state index in [1.807, 2.05) is 6.92 Å². The summed E-state index contributed by atoms with van der Waals surface area (Å²) >= 11 is 0. The summed E-state index contributed by atoms with van der Waals surface area (Å²) in [5, 5.41) is 15.1. The van der Waals surface area contributed by atoms with Crippen molar-refractivity contribution in [3.63, 3.8) is 0 Å². The van der Waals surface area contributed by atoms with Crippen LogP contribution in [0.4, 0.5) is 18.0 Å². The van der Waals surface area contributed by atoms with Crippen LogP contribution >= 0.6 is 0 Å². The van der Waals surface area contributed by atoms with Crippen molar-refractivity contribution < 1.29 is 23.1 Å². The average molecular weight is 344 g/mol. The number of halogens is 3. The summed E-state index contributed by atoms with van der Waals surface area (Å²) in [6.07, 6.45) is -1.28. The molecular weight excluding hydrogens is 321 g/mol. The number of carbonyl (C=O) groups is 1. The minimum absolute atomic E-state index is 0.0617. The Balaban J connectivity index is 1.78. The number of amides is 2. The summed E-state index contributed by atoms with van der Waals surface area (Å²) in [6.45, 7) is 1.81. The van der Waals surface area contributed by atoms with Crippen molar-refractivity contribution in [2.45, 2.75) is 63.4 Å². The average Bonchev–Trinajstić information content (AvgIpc) is 2.49. The molecule has 1 saturated carbocycles. The summed E-state index contributed by atoms with van der Waals surface area (Å²) in [5.74, 6) is 0. The Morgan fingerprint density at radius 1 is 1.21 bits per heavy atom. The summed E-state index contributed by atoms with van der Waals surface area (Å²) < 4.78 is 37.6. The van der Waals surface area contributed by atoms with Gasteiger partial charge in [-0.1, -0.05) is 12.1 Å². The Labute approximate surface area is 139 Å². The predicted molar refractivity (Wildman–Crippen MR) is 84.5 cm³/mol. The lowest BCUT2D eigenvalue weighted by atomic mass is 9.93. The molecule has 0 saturated heterocycles. The number of nitrogens with one attached hydrogen (secondary N) is 2. The fourth-order valence-corrected chi connectivity index (χ4v) is 2.91. The first kappa shape index (κ1) is 18.6. The van der Waals surface area contributed by atoms with Gasteiger partial charge < -0.3 is 15.7 Å². The maximum Gasteiger partial charge on any atom is 0.416 e. The molecule has 134 valence electrons. The molecule has 0 heterocycles. The van der Waals surface area contributed by atoms with E-state index >= 15 is 0 Å². The van der Waals surface area contributed by atoms with Crippen LogP contribution in [0.25, 0.3) is 0 Å². The Bertz CT molecular complexity index is 538. The van der Waals surface area contributed by atoms with Gasteiger partial charge in [0.05, 0.1) is 11.7 Å². The van der Waals surface area contributed by atoms with Crippen LogP contribution in [0.3, 0.4) is 0 Å². The lowest BCUT2D eigenvalue weighted by Gasteiger charge is -2.27. The summed E-state index contributed by atoms with van der Waals surface area (Å²) in [5.41, 5.74) is 0.0562. The quantitative estimate of drug-likeness (QED) is 0.785. The number of rotatable bonds is 4. The van der Waals surface area contributed by atoms with Crippen molar-refractivity contribution in [1.82, 2.24) is 10.6 Å². The third-order valence-corrected chi connectivity index (χ3v) is 4.23. The number of benzene rings is 1. The zero-order valence-electron chi connectivity index (χ0n) is 13.6. The van der Waals surface area contributed by atoms with Crippen molar-refractivity contribution in [3.05, 3.63) is 35.4 Å². The zero-order chi connectivity index (χ0) is 17.7. The molecule has 0 spiro atoms. The van der Waals surface area contributed by atoms with Crippen LogP contribution < -0.4 is 10.6 Å². The Morgan fingerprint density at radius 2 is 1.79 bits per heavy atom. The lowest BCUT2D eigenvalue weighted by molar-refractivity contribution is -0.137. The third-order valence-electron chi connectivity index (χ3n) is 4.23. The van der Waals surface area contributed by atoms with Crippen molar-refractivity contribution >= 4 is 6.03 Å². The van der Waals surface area contributed by atoms with Crippen LogP contribution in [-0.4, -0.2) is 29.3 Å². The normalized spacial score (nSPS) is 22.7. The van der Waals surface area contributed by atoms with E-state index in [0.29, 0.717) is 19.3 Å². The smallest absolute Gasteiger partial charge is 0.393 e. The second-order valence-electron chi connectivity index (χ2n) is 6.42. The number of urea groups is 1. The van der Waals surface area contributed by atoms with Gasteiger partial charge in [0.2, 0.25) is 0 Å². The molecule has 7 heteroatoms. The topological polar surface area (TPSA) is 61.4 Å². The Kier molecular flexibility index (Phi) is 6.10. The summed E-state index contributed by atoms with van der Waals surface area (Å²) in [4.78, 5) is 11.9. The molecule has 1 aliphatic carbocycles. The van der Waals surface area contributed by atoms with E-state index in [1.165, 1.54) is 12.1 Å². The van der Waals surface area contributed by atoms with E-state index < -0.39 is 11.7 Å². The molecule has 0 bridgehead atoms. The van der Waals surface area contributed by atoms with Crippen LogP contribution in [0.5, 0.6) is 0 Å².